The van der Waals surface area contributed by atoms with Gasteiger partial charge in [0, 0.05) is 36.8 Å². The fraction of sp³-hybridized carbons (Fsp3) is 0.324. The topological polar surface area (TPSA) is 147 Å². The van der Waals surface area contributed by atoms with Crippen molar-refractivity contribution in [3.63, 3.8) is 0 Å². The van der Waals surface area contributed by atoms with Crippen molar-refractivity contribution < 1.29 is 34.1 Å². The average molecular weight is 666 g/mol. The summed E-state index contributed by atoms with van der Waals surface area (Å²) in [4.78, 5) is 40.7. The van der Waals surface area contributed by atoms with Crippen molar-refractivity contribution in [3.8, 4) is 5.75 Å². The van der Waals surface area contributed by atoms with E-state index in [4.69, 9.17) is 9.47 Å². The fourth-order valence-corrected chi connectivity index (χ4v) is 6.42. The number of aryl methyl sites for hydroxylation is 1. The van der Waals surface area contributed by atoms with Crippen LogP contribution in [0, 0.1) is 5.92 Å². The normalized spacial score (nSPS) is 19.9. The van der Waals surface area contributed by atoms with Gasteiger partial charge in [0.25, 0.3) is 5.91 Å². The van der Waals surface area contributed by atoms with E-state index in [0.29, 0.717) is 41.3 Å². The summed E-state index contributed by atoms with van der Waals surface area (Å²) in [5.41, 5.74) is 2.21. The van der Waals surface area contributed by atoms with Crippen molar-refractivity contribution >= 4 is 29.2 Å². The average Bonchev–Trinajstić information content (AvgIpc) is 3.65. The van der Waals surface area contributed by atoms with Crippen LogP contribution in [0.15, 0.2) is 91.1 Å². The molecule has 1 aromatic heterocycles. The summed E-state index contributed by atoms with van der Waals surface area (Å²) in [6.45, 7) is 3.73. The molecule has 2 amide bonds. The van der Waals surface area contributed by atoms with Crippen LogP contribution in [0.2, 0.25) is 0 Å². The number of anilines is 2. The first-order valence-corrected chi connectivity index (χ1v) is 16.2. The molecule has 6 rings (SSSR count). The van der Waals surface area contributed by atoms with E-state index in [1.807, 2.05) is 48.7 Å². The maximum absolute atomic E-state index is 14.1. The third-order valence-electron chi connectivity index (χ3n) is 9.15. The van der Waals surface area contributed by atoms with E-state index in [0.717, 1.165) is 11.1 Å². The minimum atomic E-state index is -1.84. The summed E-state index contributed by atoms with van der Waals surface area (Å²) in [5, 5.41) is 30.6. The molecule has 4 atom stereocenters. The molecule has 2 N–H and O–H groups in total. The van der Waals surface area contributed by atoms with Gasteiger partial charge in [0.05, 0.1) is 44.0 Å². The van der Waals surface area contributed by atoms with Crippen molar-refractivity contribution in [1.29, 1.82) is 0 Å². The van der Waals surface area contributed by atoms with Gasteiger partial charge in [-0.25, -0.2) is 0 Å². The van der Waals surface area contributed by atoms with E-state index in [9.17, 15) is 24.6 Å². The Morgan fingerprint density at radius 3 is 2.53 bits per heavy atom. The second-order valence-electron chi connectivity index (χ2n) is 12.3. The van der Waals surface area contributed by atoms with E-state index in [1.54, 1.807) is 59.0 Å². The number of hydrogen-bond donors (Lipinski definition) is 2. The molecule has 0 spiro atoms. The van der Waals surface area contributed by atoms with Crippen LogP contribution in [0.25, 0.3) is 0 Å². The van der Waals surface area contributed by atoms with Gasteiger partial charge in [0.2, 0.25) is 5.91 Å². The molecule has 1 fully saturated rings. The van der Waals surface area contributed by atoms with Crippen molar-refractivity contribution in [2.45, 2.75) is 57.5 Å². The van der Waals surface area contributed by atoms with Gasteiger partial charge in [-0.1, -0.05) is 66.8 Å². The molecule has 0 radical (unpaired) electrons. The smallest absolute Gasteiger partial charge is 0.304 e. The Morgan fingerprint density at radius 2 is 1.86 bits per heavy atom. The number of fused-ring (bicyclic) bond motifs is 1. The maximum atomic E-state index is 14.1. The number of aliphatic hydroxyl groups excluding tert-OH is 1. The highest BCUT2D eigenvalue weighted by Gasteiger charge is 2.52. The summed E-state index contributed by atoms with van der Waals surface area (Å²) in [6, 6.07) is 22.0. The number of benzene rings is 3. The highest BCUT2D eigenvalue weighted by atomic mass is 16.6. The van der Waals surface area contributed by atoms with E-state index in [-0.39, 0.29) is 31.4 Å². The Kier molecular flexibility index (Phi) is 9.61. The van der Waals surface area contributed by atoms with Crippen LogP contribution in [0.4, 0.5) is 11.4 Å². The molecule has 0 bridgehead atoms. The molecule has 3 aromatic carbocycles. The number of nitrogens with zero attached hydrogens (tertiary/aromatic N) is 5. The van der Waals surface area contributed by atoms with Gasteiger partial charge < -0.3 is 24.6 Å². The van der Waals surface area contributed by atoms with Crippen molar-refractivity contribution in [1.82, 2.24) is 15.0 Å². The molecule has 3 heterocycles. The number of aliphatic hydroxyl groups is 2. The van der Waals surface area contributed by atoms with Crippen LogP contribution in [-0.2, 0) is 37.8 Å². The molecular weight excluding hydrogens is 626 g/mol. The quantitative estimate of drug-likeness (QED) is 0.123. The third kappa shape index (κ3) is 6.57. The van der Waals surface area contributed by atoms with Crippen LogP contribution < -0.4 is 14.5 Å². The van der Waals surface area contributed by atoms with Crippen LogP contribution in [0.3, 0.4) is 0 Å². The number of esters is 1. The van der Waals surface area contributed by atoms with Crippen molar-refractivity contribution in [2.75, 3.05) is 23.5 Å². The van der Waals surface area contributed by atoms with Gasteiger partial charge in [-0.15, -0.1) is 5.10 Å². The number of hydrogen-bond acceptors (Lipinski definition) is 9. The molecule has 2 aliphatic rings. The molecule has 2 aliphatic heterocycles. The van der Waals surface area contributed by atoms with Gasteiger partial charge in [0.15, 0.2) is 11.8 Å². The number of rotatable bonds is 13. The molecule has 12 nitrogen and oxygen atoms in total. The van der Waals surface area contributed by atoms with Crippen LogP contribution in [-0.4, -0.2) is 62.9 Å². The lowest BCUT2D eigenvalue weighted by Gasteiger charge is -2.39. The second kappa shape index (κ2) is 14.0. The van der Waals surface area contributed by atoms with Crippen LogP contribution >= 0.6 is 0 Å². The number of carbonyl (C=O) groups excluding carboxylic acids is 3. The van der Waals surface area contributed by atoms with E-state index in [2.05, 4.69) is 10.3 Å². The molecule has 4 aromatic rings. The van der Waals surface area contributed by atoms with E-state index in [1.165, 1.54) is 18.9 Å². The Balaban J connectivity index is 1.15. The first kappa shape index (κ1) is 33.6. The molecule has 12 heteroatoms. The largest absolute Gasteiger partial charge is 0.497 e. The lowest BCUT2D eigenvalue weighted by Crippen LogP contribution is -2.54. The Morgan fingerprint density at radius 1 is 1.10 bits per heavy atom. The van der Waals surface area contributed by atoms with Crippen molar-refractivity contribution in [2.24, 2.45) is 5.92 Å². The summed E-state index contributed by atoms with van der Waals surface area (Å²) in [6.07, 6.45) is 5.66. The number of allylic oxidation sites excluding steroid dienone is 1. The predicted octanol–water partition coefficient (Wildman–Crippen LogP) is 4.05. The highest BCUT2D eigenvalue weighted by molar-refractivity contribution is 6.07. The number of methoxy groups -OCH3 is 1. The zero-order valence-corrected chi connectivity index (χ0v) is 27.6. The summed E-state index contributed by atoms with van der Waals surface area (Å²) in [7, 11) is 1.53. The highest BCUT2D eigenvalue weighted by Crippen LogP contribution is 2.47. The zero-order chi connectivity index (χ0) is 34.7. The number of β-lactam (4-membered cyclic amide) rings is 1. The van der Waals surface area contributed by atoms with Crippen LogP contribution in [0.5, 0.6) is 5.75 Å². The lowest BCUT2D eigenvalue weighted by atomic mass is 9.83. The van der Waals surface area contributed by atoms with E-state index < -0.39 is 29.6 Å². The molecule has 1 saturated heterocycles. The van der Waals surface area contributed by atoms with Gasteiger partial charge in [-0.05, 0) is 47.9 Å². The number of ether oxygens (including phenoxy) is 2. The minimum Gasteiger partial charge on any atom is -0.497 e. The first-order valence-electron chi connectivity index (χ1n) is 16.2. The first-order chi connectivity index (χ1) is 23.6. The lowest BCUT2D eigenvalue weighted by molar-refractivity contribution is -0.153. The second-order valence-corrected chi connectivity index (χ2v) is 12.3. The number of aromatic nitrogens is 3. The fourth-order valence-electron chi connectivity index (χ4n) is 6.42. The Hall–Kier alpha value is -5.33. The summed E-state index contributed by atoms with van der Waals surface area (Å²) < 4.78 is 12.4. The van der Waals surface area contributed by atoms with Gasteiger partial charge >= 0.3 is 5.97 Å². The molecule has 0 aliphatic carbocycles. The van der Waals surface area contributed by atoms with E-state index >= 15 is 0 Å². The Labute approximate surface area is 284 Å². The number of carbonyl (C=O) groups is 3. The number of amides is 2. The zero-order valence-electron chi connectivity index (χ0n) is 27.6. The summed E-state index contributed by atoms with van der Waals surface area (Å²) in [5.74, 6) is -1.39. The molecule has 2 unspecified atom stereocenters. The van der Waals surface area contributed by atoms with Gasteiger partial charge in [0.1, 0.15) is 5.75 Å². The maximum Gasteiger partial charge on any atom is 0.304 e. The minimum absolute atomic E-state index is 0.0843. The molecule has 254 valence electrons. The molecular formula is C37H39N5O7. The van der Waals surface area contributed by atoms with Gasteiger partial charge in [-0.3, -0.25) is 24.0 Å². The summed E-state index contributed by atoms with van der Waals surface area (Å²) >= 11 is 0. The third-order valence-corrected chi connectivity index (χ3v) is 9.15. The SMILES string of the molecule is COc1ccc2c(c1)[C@](O)([C@@H](C)/C=C/CCn1cc(C(CO)c3ccccc3)nn1)C(=O)N2Cc1ccc(N2C(=O)CC2OC(C)=O)cc1. The van der Waals surface area contributed by atoms with Gasteiger partial charge in [-0.2, -0.15) is 0 Å². The molecule has 49 heavy (non-hydrogen) atoms. The van der Waals surface area contributed by atoms with Crippen LogP contribution in [0.1, 0.15) is 55.0 Å². The monoisotopic (exact) mass is 665 g/mol. The predicted molar refractivity (Wildman–Crippen MR) is 180 cm³/mol. The van der Waals surface area contributed by atoms with Crippen molar-refractivity contribution in [3.05, 3.63) is 114 Å². The standard InChI is InChI=1S/C37H39N5O7/c1-24(9-7-8-18-40-22-32(38-39-40)30(23-43)27-10-5-4-6-11-27)37(47)31-19-29(48-3)16-17-33(31)41(36(37)46)21-26-12-14-28(15-13-26)42-34(45)20-35(42)49-25(2)44/h4-7,9-17,19,22,24,30,35,43,47H,8,18,20-21,23H2,1-3H3/b9-7+/t24-,30?,35?,37+/m0/s1. The Bertz CT molecular complexity index is 1860. The molecule has 0 saturated carbocycles.